The molecule has 4 nitrogen and oxygen atoms in total. The molecule has 1 unspecified atom stereocenters. The van der Waals surface area contributed by atoms with E-state index in [9.17, 15) is 9.90 Å². The molecule has 0 bridgehead atoms. The van der Waals surface area contributed by atoms with Crippen molar-refractivity contribution < 1.29 is 9.90 Å². The largest absolute Gasteiger partial charge is 0.388 e. The van der Waals surface area contributed by atoms with Crippen molar-refractivity contribution in [3.63, 3.8) is 0 Å². The summed E-state index contributed by atoms with van der Waals surface area (Å²) in [5.74, 6) is -0.304. The average Bonchev–Trinajstić information content (AvgIpc) is 2.39. The smallest absolute Gasteiger partial charge is 0.268 e. The quantitative estimate of drug-likeness (QED) is 0.637. The number of aliphatic hydroxyl groups excluding tert-OH is 1. The molecule has 1 heterocycles. The van der Waals surface area contributed by atoms with E-state index in [1.165, 1.54) is 0 Å². The summed E-state index contributed by atoms with van der Waals surface area (Å²) in [5.41, 5.74) is 7.37. The highest BCUT2D eigenvalue weighted by Crippen LogP contribution is 2.21. The number of carbonyl (C=O) groups excluding carboxylic acids is 1. The summed E-state index contributed by atoms with van der Waals surface area (Å²) in [6.45, 7) is 1.57. The number of anilines is 1. The second-order valence-electron chi connectivity index (χ2n) is 3.44. The Morgan fingerprint density at radius 2 is 2.00 bits per heavy atom. The van der Waals surface area contributed by atoms with Crippen LogP contribution in [0, 0.1) is 0 Å². The van der Waals surface area contributed by atoms with Crippen LogP contribution in [0.2, 0.25) is 0 Å². The molecule has 1 aromatic rings. The normalized spacial score (nSPS) is 16.7. The first-order chi connectivity index (χ1) is 7.18. The molecule has 1 aromatic carbocycles. The lowest BCUT2D eigenvalue weighted by Gasteiger charge is -2.08. The highest BCUT2D eigenvalue weighted by Gasteiger charge is 2.18. The Morgan fingerprint density at radius 3 is 2.73 bits per heavy atom. The second kappa shape index (κ2) is 3.74. The van der Waals surface area contributed by atoms with Crippen LogP contribution in [0.5, 0.6) is 0 Å². The van der Waals surface area contributed by atoms with Crippen molar-refractivity contribution in [2.24, 2.45) is 0 Å². The number of para-hydroxylation sites is 1. The van der Waals surface area contributed by atoms with Crippen molar-refractivity contribution in [1.29, 1.82) is 0 Å². The summed E-state index contributed by atoms with van der Waals surface area (Å²) < 4.78 is 0. The van der Waals surface area contributed by atoms with Crippen molar-refractivity contribution in [1.82, 2.24) is 5.43 Å². The van der Waals surface area contributed by atoms with Crippen LogP contribution in [0.3, 0.4) is 0 Å². The Hall–Kier alpha value is -1.81. The lowest BCUT2D eigenvalue weighted by Crippen LogP contribution is -2.32. The molecule has 0 saturated carbocycles. The average molecular weight is 204 g/mol. The first-order valence-corrected chi connectivity index (χ1v) is 4.73. The van der Waals surface area contributed by atoms with Crippen LogP contribution in [0.25, 0.3) is 6.08 Å². The predicted octanol–water partition coefficient (Wildman–Crippen LogP) is 0.907. The molecule has 0 saturated heterocycles. The van der Waals surface area contributed by atoms with E-state index in [0.717, 1.165) is 11.3 Å². The lowest BCUT2D eigenvalue weighted by molar-refractivity contribution is -0.117. The number of benzene rings is 1. The van der Waals surface area contributed by atoms with Crippen molar-refractivity contribution in [2.45, 2.75) is 13.0 Å². The molecular formula is C11H12N2O2. The van der Waals surface area contributed by atoms with Crippen LogP contribution in [-0.2, 0) is 4.79 Å². The van der Waals surface area contributed by atoms with E-state index >= 15 is 0 Å². The molecule has 3 N–H and O–H groups in total. The van der Waals surface area contributed by atoms with E-state index in [1.807, 2.05) is 24.3 Å². The molecule has 1 aliphatic heterocycles. The summed E-state index contributed by atoms with van der Waals surface area (Å²) in [5, 5.41) is 9.44. The molecule has 4 heteroatoms. The maximum absolute atomic E-state index is 11.5. The predicted molar refractivity (Wildman–Crippen MR) is 57.9 cm³/mol. The van der Waals surface area contributed by atoms with Crippen molar-refractivity contribution in [3.05, 3.63) is 35.4 Å². The molecule has 1 aliphatic rings. The maximum Gasteiger partial charge on any atom is 0.268 e. The standard InChI is InChI=1S/C11H12N2O2/c1-7(14)9-6-8-4-2-3-5-10(8)12-13-11(9)15/h2-7,12,14H,1H3,(H,13,15). The van der Waals surface area contributed by atoms with Crippen LogP contribution < -0.4 is 10.9 Å². The molecule has 0 spiro atoms. The van der Waals surface area contributed by atoms with Crippen LogP contribution in [0.15, 0.2) is 29.8 Å². The zero-order valence-corrected chi connectivity index (χ0v) is 8.32. The Labute approximate surface area is 87.6 Å². The number of hydrogen-bond donors (Lipinski definition) is 3. The summed E-state index contributed by atoms with van der Waals surface area (Å²) in [6.07, 6.45) is 0.910. The highest BCUT2D eigenvalue weighted by atomic mass is 16.3. The molecule has 1 atom stereocenters. The monoisotopic (exact) mass is 204 g/mol. The minimum Gasteiger partial charge on any atom is -0.388 e. The van der Waals surface area contributed by atoms with Crippen LogP contribution >= 0.6 is 0 Å². The fourth-order valence-electron chi connectivity index (χ4n) is 1.48. The van der Waals surface area contributed by atoms with Gasteiger partial charge in [0.1, 0.15) is 0 Å². The van der Waals surface area contributed by atoms with Crippen LogP contribution in [-0.4, -0.2) is 17.1 Å². The third-order valence-electron chi connectivity index (χ3n) is 2.29. The summed E-state index contributed by atoms with van der Waals surface area (Å²) >= 11 is 0. The Bertz CT molecular complexity index is 424. The van der Waals surface area contributed by atoms with Gasteiger partial charge in [-0.05, 0) is 24.6 Å². The molecule has 0 aliphatic carbocycles. The van der Waals surface area contributed by atoms with Crippen molar-refractivity contribution in [3.8, 4) is 0 Å². The Morgan fingerprint density at radius 1 is 1.27 bits per heavy atom. The van der Waals surface area contributed by atoms with Gasteiger partial charge in [-0.2, -0.15) is 0 Å². The van der Waals surface area contributed by atoms with Crippen LogP contribution in [0.4, 0.5) is 5.69 Å². The lowest BCUT2D eigenvalue weighted by atomic mass is 10.1. The minimum atomic E-state index is -0.780. The third-order valence-corrected chi connectivity index (χ3v) is 2.29. The minimum absolute atomic E-state index is 0.304. The van der Waals surface area contributed by atoms with Gasteiger partial charge < -0.3 is 5.11 Å². The van der Waals surface area contributed by atoms with Crippen molar-refractivity contribution >= 4 is 17.7 Å². The zero-order chi connectivity index (χ0) is 10.8. The van der Waals surface area contributed by atoms with E-state index in [2.05, 4.69) is 10.9 Å². The molecule has 78 valence electrons. The second-order valence-corrected chi connectivity index (χ2v) is 3.44. The van der Waals surface area contributed by atoms with Gasteiger partial charge in [0.2, 0.25) is 0 Å². The van der Waals surface area contributed by atoms with Gasteiger partial charge in [0, 0.05) is 5.57 Å². The molecular weight excluding hydrogens is 192 g/mol. The van der Waals surface area contributed by atoms with Gasteiger partial charge in [0.25, 0.3) is 5.91 Å². The number of fused-ring (bicyclic) bond motifs is 1. The third kappa shape index (κ3) is 1.85. The fourth-order valence-corrected chi connectivity index (χ4v) is 1.48. The fraction of sp³-hybridized carbons (Fsp3) is 0.182. The van der Waals surface area contributed by atoms with Gasteiger partial charge >= 0.3 is 0 Å². The molecule has 2 rings (SSSR count). The number of nitrogens with one attached hydrogen (secondary N) is 2. The number of hydrogen-bond acceptors (Lipinski definition) is 3. The SMILES string of the molecule is CC(O)C1=Cc2ccccc2NNC1=O. The van der Waals surface area contributed by atoms with Gasteiger partial charge in [-0.3, -0.25) is 15.6 Å². The first-order valence-electron chi connectivity index (χ1n) is 4.73. The van der Waals surface area contributed by atoms with Gasteiger partial charge in [-0.1, -0.05) is 18.2 Å². The number of amides is 1. The highest BCUT2D eigenvalue weighted by molar-refractivity contribution is 6.01. The van der Waals surface area contributed by atoms with Crippen molar-refractivity contribution in [2.75, 3.05) is 5.43 Å². The molecule has 15 heavy (non-hydrogen) atoms. The molecule has 1 amide bonds. The van der Waals surface area contributed by atoms with Gasteiger partial charge in [-0.25, -0.2) is 0 Å². The summed E-state index contributed by atoms with van der Waals surface area (Å²) in [7, 11) is 0. The summed E-state index contributed by atoms with van der Waals surface area (Å²) in [4.78, 5) is 11.5. The maximum atomic E-state index is 11.5. The van der Waals surface area contributed by atoms with Crippen LogP contribution in [0.1, 0.15) is 12.5 Å². The zero-order valence-electron chi connectivity index (χ0n) is 8.32. The number of rotatable bonds is 1. The summed E-state index contributed by atoms with van der Waals surface area (Å²) in [6, 6.07) is 7.49. The number of aliphatic hydroxyl groups is 1. The van der Waals surface area contributed by atoms with Gasteiger partial charge in [-0.15, -0.1) is 0 Å². The Balaban J connectivity index is 2.48. The molecule has 0 aromatic heterocycles. The topological polar surface area (TPSA) is 61.4 Å². The van der Waals surface area contributed by atoms with E-state index in [0.29, 0.717) is 5.57 Å². The van der Waals surface area contributed by atoms with Gasteiger partial charge in [0.15, 0.2) is 0 Å². The van der Waals surface area contributed by atoms with E-state index in [1.54, 1.807) is 13.0 Å². The molecule has 0 fully saturated rings. The first kappa shape index (κ1) is 9.73. The van der Waals surface area contributed by atoms with E-state index in [4.69, 9.17) is 0 Å². The Kier molecular flexibility index (Phi) is 2.43. The number of hydrazine groups is 1. The van der Waals surface area contributed by atoms with Gasteiger partial charge in [0.05, 0.1) is 11.8 Å². The van der Waals surface area contributed by atoms with E-state index < -0.39 is 6.10 Å². The van der Waals surface area contributed by atoms with E-state index in [-0.39, 0.29) is 5.91 Å². The molecule has 0 radical (unpaired) electrons. The number of carbonyl (C=O) groups is 1.